The zero-order chi connectivity index (χ0) is 18.8. The third-order valence-corrected chi connectivity index (χ3v) is 4.36. The van der Waals surface area contributed by atoms with E-state index in [0.717, 1.165) is 10.0 Å². The van der Waals surface area contributed by atoms with Crippen molar-refractivity contribution in [2.45, 2.75) is 26.3 Å². The number of carbonyl (C=O) groups excluding carboxylic acids is 3. The second-order valence-electron chi connectivity index (χ2n) is 5.42. The maximum absolute atomic E-state index is 11.9. The summed E-state index contributed by atoms with van der Waals surface area (Å²) in [6, 6.07) is 6.61. The minimum absolute atomic E-state index is 0.0950. The van der Waals surface area contributed by atoms with Gasteiger partial charge in [-0.05, 0) is 23.6 Å². The fourth-order valence-corrected chi connectivity index (χ4v) is 2.38. The fourth-order valence-electron chi connectivity index (χ4n) is 1.96. The van der Waals surface area contributed by atoms with Crippen LogP contribution in [0.5, 0.6) is 0 Å². The average molecular weight is 412 g/mol. The van der Waals surface area contributed by atoms with Crippen LogP contribution < -0.4 is 5.32 Å². The molecular weight excluding hydrogens is 390 g/mol. The Hall–Kier alpha value is -2.15. The van der Waals surface area contributed by atoms with Crippen molar-refractivity contribution in [1.29, 1.82) is 0 Å². The minimum Gasteiger partial charge on any atom is -0.467 e. The largest absolute Gasteiger partial charge is 0.467 e. The summed E-state index contributed by atoms with van der Waals surface area (Å²) in [4.78, 5) is 35.3. The molecule has 0 heterocycles. The van der Waals surface area contributed by atoms with Gasteiger partial charge in [0, 0.05) is 10.5 Å². The molecule has 1 aromatic carbocycles. The van der Waals surface area contributed by atoms with Crippen molar-refractivity contribution in [2.75, 3.05) is 13.7 Å². The van der Waals surface area contributed by atoms with Crippen LogP contribution in [0.3, 0.4) is 0 Å². The zero-order valence-electron chi connectivity index (χ0n) is 14.5. The molecule has 6 nitrogen and oxygen atoms in total. The lowest BCUT2D eigenvalue weighted by atomic mass is 9.99. The summed E-state index contributed by atoms with van der Waals surface area (Å²) in [5, 5.41) is 2.53. The van der Waals surface area contributed by atoms with Gasteiger partial charge in [-0.2, -0.15) is 0 Å². The van der Waals surface area contributed by atoms with Crippen LogP contribution in [0.15, 0.2) is 34.8 Å². The van der Waals surface area contributed by atoms with Crippen LogP contribution in [0.25, 0.3) is 6.08 Å². The maximum atomic E-state index is 11.9. The minimum atomic E-state index is -0.767. The van der Waals surface area contributed by atoms with Crippen LogP contribution in [0.2, 0.25) is 0 Å². The van der Waals surface area contributed by atoms with E-state index >= 15 is 0 Å². The second kappa shape index (κ2) is 10.7. The van der Waals surface area contributed by atoms with E-state index < -0.39 is 30.5 Å². The molecule has 0 bridgehead atoms. The number of halogens is 1. The van der Waals surface area contributed by atoms with Crippen LogP contribution in [0.4, 0.5) is 0 Å². The molecular formula is C18H22BrNO5. The highest BCUT2D eigenvalue weighted by Gasteiger charge is 2.26. The lowest BCUT2D eigenvalue weighted by Gasteiger charge is -2.21. The van der Waals surface area contributed by atoms with E-state index in [1.807, 2.05) is 38.1 Å². The Morgan fingerprint density at radius 2 is 1.96 bits per heavy atom. The first-order valence-electron chi connectivity index (χ1n) is 7.85. The molecule has 1 N–H and O–H groups in total. The summed E-state index contributed by atoms with van der Waals surface area (Å²) in [6.45, 7) is 3.26. The number of hydrogen-bond donors (Lipinski definition) is 1. The lowest BCUT2D eigenvalue weighted by Crippen LogP contribution is -2.47. The van der Waals surface area contributed by atoms with Gasteiger partial charge in [0.05, 0.1) is 7.11 Å². The Morgan fingerprint density at radius 3 is 2.56 bits per heavy atom. The van der Waals surface area contributed by atoms with E-state index in [4.69, 9.17) is 4.74 Å². The van der Waals surface area contributed by atoms with Crippen molar-refractivity contribution in [3.8, 4) is 0 Å². The van der Waals surface area contributed by atoms with Crippen LogP contribution in [0, 0.1) is 5.92 Å². The summed E-state index contributed by atoms with van der Waals surface area (Å²) in [7, 11) is 1.26. The van der Waals surface area contributed by atoms with E-state index in [1.165, 1.54) is 13.2 Å². The molecule has 1 aromatic rings. The summed E-state index contributed by atoms with van der Waals surface area (Å²) in [5.74, 6) is -1.83. The normalized spacial score (nSPS) is 13.1. The number of methoxy groups -OCH3 is 1. The van der Waals surface area contributed by atoms with Crippen molar-refractivity contribution >= 4 is 39.9 Å². The molecule has 0 saturated heterocycles. The molecule has 0 aromatic heterocycles. The van der Waals surface area contributed by atoms with Gasteiger partial charge in [-0.15, -0.1) is 0 Å². The van der Waals surface area contributed by atoms with E-state index in [1.54, 1.807) is 6.08 Å². The average Bonchev–Trinajstić information content (AvgIpc) is 2.62. The van der Waals surface area contributed by atoms with Crippen LogP contribution in [-0.2, 0) is 23.9 Å². The first kappa shape index (κ1) is 20.9. The molecule has 0 radical (unpaired) electrons. The molecule has 136 valence electrons. The van der Waals surface area contributed by atoms with Gasteiger partial charge in [-0.1, -0.05) is 54.4 Å². The standard InChI is InChI=1S/C18H22BrNO5/c1-4-12(2)17(18(23)24-3)20-15(21)11-25-16(22)10-9-13-7-5-6-8-14(13)19/h5-10,12,17H,4,11H2,1-3H3,(H,20,21)/b10-9+/t12-,17-/m0/s1. The number of nitrogens with one attached hydrogen (secondary N) is 1. The summed E-state index contributed by atoms with van der Waals surface area (Å²) >= 11 is 3.37. The first-order chi connectivity index (χ1) is 11.9. The third kappa shape index (κ3) is 7.09. The van der Waals surface area contributed by atoms with E-state index in [0.29, 0.717) is 6.42 Å². The van der Waals surface area contributed by atoms with Crippen LogP contribution >= 0.6 is 15.9 Å². The molecule has 7 heteroatoms. The Bertz CT molecular complexity index is 644. The van der Waals surface area contributed by atoms with Gasteiger partial charge < -0.3 is 14.8 Å². The second-order valence-corrected chi connectivity index (χ2v) is 6.27. The first-order valence-corrected chi connectivity index (χ1v) is 8.64. The topological polar surface area (TPSA) is 81.7 Å². The Balaban J connectivity index is 2.53. The van der Waals surface area contributed by atoms with Gasteiger partial charge in [0.25, 0.3) is 5.91 Å². The van der Waals surface area contributed by atoms with Gasteiger partial charge in [0.15, 0.2) is 6.61 Å². The SMILES string of the molecule is CC[C@H](C)[C@H](NC(=O)COC(=O)/C=C/c1ccccc1Br)C(=O)OC. The van der Waals surface area contributed by atoms with Crippen molar-refractivity contribution in [3.63, 3.8) is 0 Å². The van der Waals surface area contributed by atoms with Gasteiger partial charge in [-0.25, -0.2) is 9.59 Å². The molecule has 0 aliphatic rings. The zero-order valence-corrected chi connectivity index (χ0v) is 16.0. The highest BCUT2D eigenvalue weighted by Crippen LogP contribution is 2.17. The molecule has 25 heavy (non-hydrogen) atoms. The number of esters is 2. The number of amides is 1. The monoisotopic (exact) mass is 411 g/mol. The number of carbonyl (C=O) groups is 3. The van der Waals surface area contributed by atoms with Gasteiger partial charge >= 0.3 is 11.9 Å². The van der Waals surface area contributed by atoms with Crippen molar-refractivity contribution in [1.82, 2.24) is 5.32 Å². The van der Waals surface area contributed by atoms with Gasteiger partial charge in [0.1, 0.15) is 6.04 Å². The third-order valence-electron chi connectivity index (χ3n) is 3.63. The van der Waals surface area contributed by atoms with Gasteiger partial charge in [-0.3, -0.25) is 4.79 Å². The van der Waals surface area contributed by atoms with Crippen molar-refractivity contribution in [2.24, 2.45) is 5.92 Å². The number of rotatable bonds is 8. The predicted molar refractivity (Wildman–Crippen MR) is 97.5 cm³/mol. The maximum Gasteiger partial charge on any atom is 0.331 e. The van der Waals surface area contributed by atoms with E-state index in [9.17, 15) is 14.4 Å². The molecule has 0 spiro atoms. The molecule has 1 rings (SSSR count). The Morgan fingerprint density at radius 1 is 1.28 bits per heavy atom. The highest BCUT2D eigenvalue weighted by atomic mass is 79.9. The number of hydrogen-bond acceptors (Lipinski definition) is 5. The van der Waals surface area contributed by atoms with E-state index in [2.05, 4.69) is 26.0 Å². The fraction of sp³-hybridized carbons (Fsp3) is 0.389. The highest BCUT2D eigenvalue weighted by molar-refractivity contribution is 9.10. The van der Waals surface area contributed by atoms with E-state index in [-0.39, 0.29) is 5.92 Å². The molecule has 1 amide bonds. The predicted octanol–water partition coefficient (Wildman–Crippen LogP) is 2.71. The lowest BCUT2D eigenvalue weighted by molar-refractivity contribution is -0.148. The van der Waals surface area contributed by atoms with Crippen LogP contribution in [-0.4, -0.2) is 37.6 Å². The van der Waals surface area contributed by atoms with Gasteiger partial charge in [0.2, 0.25) is 0 Å². The quantitative estimate of drug-likeness (QED) is 0.525. The molecule has 2 atom stereocenters. The molecule has 0 aliphatic carbocycles. The number of ether oxygens (including phenoxy) is 2. The van der Waals surface area contributed by atoms with Crippen molar-refractivity contribution in [3.05, 3.63) is 40.4 Å². The summed E-state index contributed by atoms with van der Waals surface area (Å²) in [5.41, 5.74) is 0.812. The van der Waals surface area contributed by atoms with Crippen LogP contribution in [0.1, 0.15) is 25.8 Å². The molecule has 0 saturated carbocycles. The summed E-state index contributed by atoms with van der Waals surface area (Å²) in [6.07, 6.45) is 3.51. The number of benzene rings is 1. The smallest absolute Gasteiger partial charge is 0.331 e. The van der Waals surface area contributed by atoms with Crippen molar-refractivity contribution < 1.29 is 23.9 Å². The summed E-state index contributed by atoms with van der Waals surface area (Å²) < 4.78 is 10.4. The molecule has 0 aliphatic heterocycles. The molecule has 0 fully saturated rings. The Kier molecular flexibility index (Phi) is 8.91. The molecule has 0 unspecified atom stereocenters. The Labute approximate surface area is 155 Å².